The third kappa shape index (κ3) is 4.28. The molecule has 22 heavy (non-hydrogen) atoms. The van der Waals surface area contributed by atoms with Gasteiger partial charge in [-0.25, -0.2) is 0 Å². The number of amides is 2. The van der Waals surface area contributed by atoms with Crippen molar-refractivity contribution in [2.24, 2.45) is 0 Å². The number of ether oxygens (including phenoxy) is 1. The van der Waals surface area contributed by atoms with Gasteiger partial charge in [-0.15, -0.1) is 0 Å². The highest BCUT2D eigenvalue weighted by atomic mass is 79.9. The predicted octanol–water partition coefficient (Wildman–Crippen LogP) is 1.27. The molecule has 0 aromatic heterocycles. The second-order valence-electron chi connectivity index (χ2n) is 5.19. The van der Waals surface area contributed by atoms with Gasteiger partial charge in [-0.2, -0.15) is 0 Å². The van der Waals surface area contributed by atoms with Crippen LogP contribution in [0.1, 0.15) is 12.8 Å². The summed E-state index contributed by atoms with van der Waals surface area (Å²) < 4.78 is 6.35. The Morgan fingerprint density at radius 2 is 1.91 bits per heavy atom. The van der Waals surface area contributed by atoms with Crippen LogP contribution in [-0.4, -0.2) is 44.2 Å². The largest absolute Gasteiger partial charge is 0.368 e. The van der Waals surface area contributed by atoms with E-state index in [0.717, 1.165) is 17.6 Å². The monoisotopic (exact) mass is 369 g/mol. The summed E-state index contributed by atoms with van der Waals surface area (Å²) in [5.41, 5.74) is -0.144. The standard InChI is InChI=1S/C15H20BrN3O3/c1-22-15(6-8-17-9-7-15)14(21)18-10-13(20)19-12-4-2-11(16)3-5-12/h2-5,17H,6-10H2,1H3,(H,18,21)(H,19,20). The molecule has 1 aromatic carbocycles. The highest BCUT2D eigenvalue weighted by molar-refractivity contribution is 9.10. The summed E-state index contributed by atoms with van der Waals surface area (Å²) in [6.07, 6.45) is 1.20. The van der Waals surface area contributed by atoms with Crippen LogP contribution in [0.5, 0.6) is 0 Å². The van der Waals surface area contributed by atoms with E-state index in [9.17, 15) is 9.59 Å². The summed E-state index contributed by atoms with van der Waals surface area (Å²) >= 11 is 3.33. The number of nitrogens with one attached hydrogen (secondary N) is 3. The minimum absolute atomic E-state index is 0.0760. The van der Waals surface area contributed by atoms with Crippen molar-refractivity contribution < 1.29 is 14.3 Å². The summed E-state index contributed by atoms with van der Waals surface area (Å²) in [5.74, 6) is -0.502. The number of halogens is 1. The van der Waals surface area contributed by atoms with Gasteiger partial charge < -0.3 is 20.7 Å². The molecule has 120 valence electrons. The Bertz CT molecular complexity index is 527. The van der Waals surface area contributed by atoms with E-state index in [4.69, 9.17) is 4.74 Å². The number of anilines is 1. The number of hydrogen-bond donors (Lipinski definition) is 3. The van der Waals surface area contributed by atoms with E-state index < -0.39 is 5.60 Å². The molecule has 1 fully saturated rings. The van der Waals surface area contributed by atoms with Crippen LogP contribution in [0, 0.1) is 0 Å². The molecular formula is C15H20BrN3O3. The zero-order valence-electron chi connectivity index (χ0n) is 12.4. The first-order valence-electron chi connectivity index (χ1n) is 7.15. The second-order valence-corrected chi connectivity index (χ2v) is 6.10. The zero-order chi connectivity index (χ0) is 16.0. The van der Waals surface area contributed by atoms with Gasteiger partial charge in [0.15, 0.2) is 0 Å². The Labute approximate surface area is 138 Å². The molecule has 3 N–H and O–H groups in total. The molecular weight excluding hydrogens is 350 g/mol. The SMILES string of the molecule is COC1(C(=O)NCC(=O)Nc2ccc(Br)cc2)CCNCC1. The highest BCUT2D eigenvalue weighted by Crippen LogP contribution is 2.22. The van der Waals surface area contributed by atoms with Gasteiger partial charge in [-0.1, -0.05) is 15.9 Å². The molecule has 1 aliphatic heterocycles. The maximum atomic E-state index is 12.3. The fourth-order valence-corrected chi connectivity index (χ4v) is 2.68. The Hall–Kier alpha value is -1.44. The van der Waals surface area contributed by atoms with Crippen LogP contribution in [0.25, 0.3) is 0 Å². The molecule has 1 aliphatic rings. The minimum atomic E-state index is -0.830. The fraction of sp³-hybridized carbons (Fsp3) is 0.467. The average molecular weight is 370 g/mol. The Morgan fingerprint density at radius 3 is 2.50 bits per heavy atom. The molecule has 1 aromatic rings. The smallest absolute Gasteiger partial charge is 0.252 e. The first-order chi connectivity index (χ1) is 10.6. The van der Waals surface area contributed by atoms with Gasteiger partial charge in [0, 0.05) is 17.3 Å². The molecule has 0 bridgehead atoms. The van der Waals surface area contributed by atoms with Gasteiger partial charge in [-0.3, -0.25) is 9.59 Å². The van der Waals surface area contributed by atoms with Crippen molar-refractivity contribution in [2.75, 3.05) is 32.1 Å². The molecule has 0 atom stereocenters. The third-order valence-electron chi connectivity index (χ3n) is 3.75. The van der Waals surface area contributed by atoms with Crippen molar-refractivity contribution in [3.8, 4) is 0 Å². The van der Waals surface area contributed by atoms with Crippen LogP contribution in [-0.2, 0) is 14.3 Å². The molecule has 0 unspecified atom stereocenters. The summed E-state index contributed by atoms with van der Waals surface area (Å²) in [7, 11) is 1.53. The lowest BCUT2D eigenvalue weighted by Crippen LogP contribution is -2.55. The minimum Gasteiger partial charge on any atom is -0.368 e. The number of carbonyl (C=O) groups is 2. The maximum Gasteiger partial charge on any atom is 0.252 e. The number of benzene rings is 1. The normalized spacial score (nSPS) is 16.8. The predicted molar refractivity (Wildman–Crippen MR) is 87.6 cm³/mol. The van der Waals surface area contributed by atoms with E-state index in [0.29, 0.717) is 18.5 Å². The third-order valence-corrected chi connectivity index (χ3v) is 4.28. The van der Waals surface area contributed by atoms with Gasteiger partial charge in [0.2, 0.25) is 5.91 Å². The topological polar surface area (TPSA) is 79.5 Å². The molecule has 0 saturated carbocycles. The van der Waals surface area contributed by atoms with E-state index in [1.165, 1.54) is 7.11 Å². The van der Waals surface area contributed by atoms with Crippen molar-refractivity contribution in [2.45, 2.75) is 18.4 Å². The van der Waals surface area contributed by atoms with Crippen LogP contribution >= 0.6 is 15.9 Å². The molecule has 2 rings (SSSR count). The van der Waals surface area contributed by atoms with Gasteiger partial charge in [0.1, 0.15) is 5.60 Å². The van der Waals surface area contributed by atoms with Crippen LogP contribution in [0.3, 0.4) is 0 Å². The Balaban J connectivity index is 1.84. The van der Waals surface area contributed by atoms with E-state index in [1.54, 1.807) is 12.1 Å². The molecule has 0 spiro atoms. The molecule has 6 nitrogen and oxygen atoms in total. The van der Waals surface area contributed by atoms with Gasteiger partial charge in [0.05, 0.1) is 6.54 Å². The number of piperidine rings is 1. The van der Waals surface area contributed by atoms with Crippen LogP contribution in [0.15, 0.2) is 28.7 Å². The zero-order valence-corrected chi connectivity index (χ0v) is 14.0. The number of rotatable bonds is 5. The quantitative estimate of drug-likeness (QED) is 0.730. The molecule has 0 radical (unpaired) electrons. The summed E-state index contributed by atoms with van der Waals surface area (Å²) in [4.78, 5) is 24.2. The Morgan fingerprint density at radius 1 is 1.27 bits per heavy atom. The van der Waals surface area contributed by atoms with Crippen molar-refractivity contribution >= 4 is 33.4 Å². The van der Waals surface area contributed by atoms with Crippen molar-refractivity contribution in [1.82, 2.24) is 10.6 Å². The van der Waals surface area contributed by atoms with E-state index >= 15 is 0 Å². The number of carbonyl (C=O) groups excluding carboxylic acids is 2. The van der Waals surface area contributed by atoms with Crippen molar-refractivity contribution in [3.63, 3.8) is 0 Å². The van der Waals surface area contributed by atoms with Gasteiger partial charge in [-0.05, 0) is 50.2 Å². The van der Waals surface area contributed by atoms with E-state index in [2.05, 4.69) is 31.9 Å². The molecule has 1 heterocycles. The lowest BCUT2D eigenvalue weighted by Gasteiger charge is -2.34. The maximum absolute atomic E-state index is 12.3. The van der Waals surface area contributed by atoms with Crippen molar-refractivity contribution in [1.29, 1.82) is 0 Å². The van der Waals surface area contributed by atoms with E-state index in [1.807, 2.05) is 12.1 Å². The first kappa shape index (κ1) is 16.9. The van der Waals surface area contributed by atoms with Crippen LogP contribution < -0.4 is 16.0 Å². The fourth-order valence-electron chi connectivity index (χ4n) is 2.41. The summed E-state index contributed by atoms with van der Waals surface area (Å²) in [6, 6.07) is 7.24. The lowest BCUT2D eigenvalue weighted by atomic mass is 9.91. The molecule has 1 saturated heterocycles. The first-order valence-corrected chi connectivity index (χ1v) is 7.95. The van der Waals surface area contributed by atoms with Gasteiger partial charge >= 0.3 is 0 Å². The number of hydrogen-bond acceptors (Lipinski definition) is 4. The highest BCUT2D eigenvalue weighted by Gasteiger charge is 2.39. The van der Waals surface area contributed by atoms with E-state index in [-0.39, 0.29) is 18.4 Å². The second kappa shape index (κ2) is 7.71. The Kier molecular flexibility index (Phi) is 5.93. The summed E-state index contributed by atoms with van der Waals surface area (Å²) in [5, 5.41) is 8.58. The molecule has 7 heteroatoms. The molecule has 2 amide bonds. The van der Waals surface area contributed by atoms with Crippen LogP contribution in [0.4, 0.5) is 5.69 Å². The average Bonchev–Trinajstić information content (AvgIpc) is 2.55. The molecule has 0 aliphatic carbocycles. The summed E-state index contributed by atoms with van der Waals surface area (Å²) in [6.45, 7) is 1.38. The van der Waals surface area contributed by atoms with Crippen molar-refractivity contribution in [3.05, 3.63) is 28.7 Å². The van der Waals surface area contributed by atoms with Crippen LogP contribution in [0.2, 0.25) is 0 Å². The lowest BCUT2D eigenvalue weighted by molar-refractivity contribution is -0.147. The number of methoxy groups -OCH3 is 1. The van der Waals surface area contributed by atoms with Gasteiger partial charge in [0.25, 0.3) is 5.91 Å².